The van der Waals surface area contributed by atoms with Gasteiger partial charge in [-0.25, -0.2) is 4.98 Å². The van der Waals surface area contributed by atoms with Crippen LogP contribution in [0.15, 0.2) is 46.9 Å². The molecule has 6 nitrogen and oxygen atoms in total. The standard InChI is InChI=1S/C17H23N5OS.HI/c1-13-12-22(8-9-23-13)14(15-5-4-10-24-15)11-20-17(18)21-16-6-2-3-7-19-16;/h2-7,10,13-14H,8-9,11-12H2,1H3,(H3,18,19,20,21);1H. The van der Waals surface area contributed by atoms with Crippen LogP contribution in [0.25, 0.3) is 0 Å². The molecule has 3 heterocycles. The molecule has 3 rings (SSSR count). The lowest BCUT2D eigenvalue weighted by Crippen LogP contribution is -2.44. The van der Waals surface area contributed by atoms with Crippen LogP contribution in [0.2, 0.25) is 0 Å². The summed E-state index contributed by atoms with van der Waals surface area (Å²) >= 11 is 1.76. The molecule has 1 fully saturated rings. The molecule has 0 spiro atoms. The summed E-state index contributed by atoms with van der Waals surface area (Å²) in [5.41, 5.74) is 6.02. The van der Waals surface area contributed by atoms with Gasteiger partial charge in [0.05, 0.1) is 25.3 Å². The molecule has 25 heavy (non-hydrogen) atoms. The molecule has 0 bridgehead atoms. The quantitative estimate of drug-likeness (QED) is 0.397. The molecule has 8 heteroatoms. The van der Waals surface area contributed by atoms with Gasteiger partial charge in [-0.15, -0.1) is 35.3 Å². The lowest BCUT2D eigenvalue weighted by Gasteiger charge is -2.36. The normalized spacial score (nSPS) is 19.9. The molecule has 0 radical (unpaired) electrons. The van der Waals surface area contributed by atoms with E-state index in [1.165, 1.54) is 4.88 Å². The van der Waals surface area contributed by atoms with Gasteiger partial charge in [0.1, 0.15) is 5.82 Å². The number of halogens is 1. The maximum Gasteiger partial charge on any atom is 0.194 e. The summed E-state index contributed by atoms with van der Waals surface area (Å²) in [7, 11) is 0. The van der Waals surface area contributed by atoms with E-state index >= 15 is 0 Å². The summed E-state index contributed by atoms with van der Waals surface area (Å²) < 4.78 is 5.66. The van der Waals surface area contributed by atoms with Crippen molar-refractivity contribution in [3.63, 3.8) is 0 Å². The van der Waals surface area contributed by atoms with Gasteiger partial charge >= 0.3 is 0 Å². The van der Waals surface area contributed by atoms with Crippen molar-refractivity contribution in [2.24, 2.45) is 10.7 Å². The Morgan fingerprint density at radius 3 is 3.04 bits per heavy atom. The summed E-state index contributed by atoms with van der Waals surface area (Å²) in [5, 5.41) is 5.13. The summed E-state index contributed by atoms with van der Waals surface area (Å²) in [6, 6.07) is 10.1. The van der Waals surface area contributed by atoms with Crippen molar-refractivity contribution >= 4 is 47.1 Å². The predicted octanol–water partition coefficient (Wildman–Crippen LogP) is 2.95. The first-order valence-electron chi connectivity index (χ1n) is 8.09. The highest BCUT2D eigenvalue weighted by molar-refractivity contribution is 14.0. The zero-order valence-electron chi connectivity index (χ0n) is 14.2. The van der Waals surface area contributed by atoms with Crippen LogP contribution >= 0.6 is 35.3 Å². The Kier molecular flexibility index (Phi) is 8.07. The molecule has 1 aliphatic rings. The fourth-order valence-corrected chi connectivity index (χ4v) is 3.64. The van der Waals surface area contributed by atoms with Crippen LogP contribution in [0, 0.1) is 0 Å². The number of anilines is 1. The predicted molar refractivity (Wildman–Crippen MR) is 114 cm³/mol. The summed E-state index contributed by atoms with van der Waals surface area (Å²) in [4.78, 5) is 12.5. The van der Waals surface area contributed by atoms with E-state index in [1.807, 2.05) is 18.2 Å². The van der Waals surface area contributed by atoms with Gasteiger partial charge in [0.25, 0.3) is 0 Å². The van der Waals surface area contributed by atoms with Gasteiger partial charge in [0.2, 0.25) is 0 Å². The first kappa shape index (κ1) is 20.1. The van der Waals surface area contributed by atoms with E-state index in [1.54, 1.807) is 17.5 Å². The molecule has 2 unspecified atom stereocenters. The minimum atomic E-state index is 0. The Hall–Kier alpha value is -1.23. The molecule has 2 atom stereocenters. The van der Waals surface area contributed by atoms with Gasteiger partial charge in [0, 0.05) is 24.2 Å². The number of rotatable bonds is 5. The van der Waals surface area contributed by atoms with E-state index in [0.717, 1.165) is 19.7 Å². The van der Waals surface area contributed by atoms with Gasteiger partial charge in [-0.1, -0.05) is 12.1 Å². The number of nitrogens with two attached hydrogens (primary N) is 1. The number of thiophene rings is 1. The molecule has 0 saturated carbocycles. The Labute approximate surface area is 169 Å². The van der Waals surface area contributed by atoms with Crippen molar-refractivity contribution in [2.45, 2.75) is 19.1 Å². The number of guanidine groups is 1. The second-order valence-electron chi connectivity index (χ2n) is 5.77. The Bertz CT molecular complexity index is 652. The molecule has 1 saturated heterocycles. The smallest absolute Gasteiger partial charge is 0.194 e. The first-order valence-corrected chi connectivity index (χ1v) is 8.97. The van der Waals surface area contributed by atoms with Crippen LogP contribution in [-0.4, -0.2) is 48.2 Å². The maximum absolute atomic E-state index is 6.02. The SMILES string of the molecule is CC1CN(C(CN=C(N)Nc2ccccn2)c2cccs2)CCO1.I. The maximum atomic E-state index is 6.02. The summed E-state index contributed by atoms with van der Waals surface area (Å²) in [6.07, 6.45) is 1.97. The molecule has 0 aliphatic carbocycles. The van der Waals surface area contributed by atoms with Gasteiger partial charge < -0.3 is 15.8 Å². The van der Waals surface area contributed by atoms with Crippen molar-refractivity contribution < 1.29 is 4.74 Å². The van der Waals surface area contributed by atoms with E-state index in [9.17, 15) is 0 Å². The molecule has 2 aromatic rings. The molecule has 0 aromatic carbocycles. The Morgan fingerprint density at radius 2 is 2.36 bits per heavy atom. The average Bonchev–Trinajstić information content (AvgIpc) is 3.10. The topological polar surface area (TPSA) is 75.8 Å². The third kappa shape index (κ3) is 5.91. The molecular weight excluding hydrogens is 449 g/mol. The zero-order chi connectivity index (χ0) is 16.8. The Morgan fingerprint density at radius 1 is 1.48 bits per heavy atom. The number of nitrogens with one attached hydrogen (secondary N) is 1. The van der Waals surface area contributed by atoms with Gasteiger partial charge in [0.15, 0.2) is 5.96 Å². The number of pyridine rings is 1. The molecular formula is C17H24IN5OS. The molecule has 136 valence electrons. The second-order valence-corrected chi connectivity index (χ2v) is 6.75. The van der Waals surface area contributed by atoms with E-state index < -0.39 is 0 Å². The first-order chi connectivity index (χ1) is 11.7. The van der Waals surface area contributed by atoms with Crippen molar-refractivity contribution in [3.8, 4) is 0 Å². The fourth-order valence-electron chi connectivity index (χ4n) is 2.79. The number of aromatic nitrogens is 1. The van der Waals surface area contributed by atoms with E-state index in [0.29, 0.717) is 18.3 Å². The number of hydrogen-bond donors (Lipinski definition) is 2. The van der Waals surface area contributed by atoms with Crippen LogP contribution in [0.3, 0.4) is 0 Å². The zero-order valence-corrected chi connectivity index (χ0v) is 17.3. The van der Waals surface area contributed by atoms with Crippen LogP contribution in [0.4, 0.5) is 5.82 Å². The van der Waals surface area contributed by atoms with E-state index in [-0.39, 0.29) is 36.1 Å². The van der Waals surface area contributed by atoms with Crippen LogP contribution in [0.5, 0.6) is 0 Å². The summed E-state index contributed by atoms with van der Waals surface area (Å²) in [5.74, 6) is 1.09. The fraction of sp³-hybridized carbons (Fsp3) is 0.412. The summed E-state index contributed by atoms with van der Waals surface area (Å²) in [6.45, 7) is 5.30. The third-order valence-electron chi connectivity index (χ3n) is 3.94. The van der Waals surface area contributed by atoms with E-state index in [2.05, 4.69) is 44.6 Å². The average molecular weight is 473 g/mol. The highest BCUT2D eigenvalue weighted by atomic mass is 127. The minimum Gasteiger partial charge on any atom is -0.376 e. The highest BCUT2D eigenvalue weighted by Crippen LogP contribution is 2.27. The van der Waals surface area contributed by atoms with Crippen LogP contribution in [0.1, 0.15) is 17.8 Å². The third-order valence-corrected chi connectivity index (χ3v) is 4.91. The van der Waals surface area contributed by atoms with Crippen molar-refractivity contribution in [1.29, 1.82) is 0 Å². The molecule has 1 aliphatic heterocycles. The number of aliphatic imine (C=N–C) groups is 1. The second kappa shape index (κ2) is 10.0. The van der Waals surface area contributed by atoms with Crippen molar-refractivity contribution in [2.75, 3.05) is 31.6 Å². The number of ether oxygens (including phenoxy) is 1. The largest absolute Gasteiger partial charge is 0.376 e. The van der Waals surface area contributed by atoms with E-state index in [4.69, 9.17) is 10.5 Å². The van der Waals surface area contributed by atoms with Crippen LogP contribution < -0.4 is 11.1 Å². The minimum absolute atomic E-state index is 0. The number of morpholine rings is 1. The van der Waals surface area contributed by atoms with Crippen LogP contribution in [-0.2, 0) is 4.74 Å². The lowest BCUT2D eigenvalue weighted by atomic mass is 10.1. The Balaban J connectivity index is 0.00000225. The lowest BCUT2D eigenvalue weighted by molar-refractivity contribution is -0.0327. The molecule has 0 amide bonds. The monoisotopic (exact) mass is 473 g/mol. The van der Waals surface area contributed by atoms with Crippen molar-refractivity contribution in [1.82, 2.24) is 9.88 Å². The number of nitrogens with zero attached hydrogens (tertiary/aromatic N) is 3. The molecule has 3 N–H and O–H groups in total. The number of hydrogen-bond acceptors (Lipinski definition) is 5. The molecule has 2 aromatic heterocycles. The van der Waals surface area contributed by atoms with Gasteiger partial charge in [-0.05, 0) is 30.5 Å². The highest BCUT2D eigenvalue weighted by Gasteiger charge is 2.26. The van der Waals surface area contributed by atoms with Gasteiger partial charge in [-0.2, -0.15) is 0 Å². The van der Waals surface area contributed by atoms with Crippen molar-refractivity contribution in [3.05, 3.63) is 46.8 Å². The van der Waals surface area contributed by atoms with Gasteiger partial charge in [-0.3, -0.25) is 9.89 Å².